The molecule has 3 heterocycles. The minimum Gasteiger partial charge on any atom is -0.480 e. The monoisotopic (exact) mass is 342 g/mol. The number of carbonyl (C=O) groups is 1. The van der Waals surface area contributed by atoms with Gasteiger partial charge in [-0.05, 0) is 25.0 Å². The molecule has 0 amide bonds. The average molecular weight is 342 g/mol. The predicted molar refractivity (Wildman–Crippen MR) is 93.6 cm³/mol. The van der Waals surface area contributed by atoms with Crippen molar-refractivity contribution in [3.05, 3.63) is 30.1 Å². The molecule has 1 unspecified atom stereocenters. The number of rotatable bonds is 4. The highest BCUT2D eigenvalue weighted by Crippen LogP contribution is 2.30. The summed E-state index contributed by atoms with van der Waals surface area (Å²) < 4.78 is 5.40. The van der Waals surface area contributed by atoms with Gasteiger partial charge in [0.25, 0.3) is 0 Å². The summed E-state index contributed by atoms with van der Waals surface area (Å²) in [4.78, 5) is 25.3. The fourth-order valence-electron chi connectivity index (χ4n) is 3.63. The molecule has 1 N–H and O–H groups in total. The molecular formula is C18H22N4O3. The molecule has 1 aromatic heterocycles. The number of fused-ring (bicyclic) bond motifs is 1. The summed E-state index contributed by atoms with van der Waals surface area (Å²) in [6.45, 7) is 4.57. The molecule has 132 valence electrons. The third kappa shape index (κ3) is 3.29. The van der Waals surface area contributed by atoms with Crippen molar-refractivity contribution in [1.29, 1.82) is 0 Å². The Hall–Kier alpha value is -2.25. The molecule has 0 radical (unpaired) electrons. The number of para-hydroxylation sites is 1. The summed E-state index contributed by atoms with van der Waals surface area (Å²) in [7, 11) is 0. The Kier molecular flexibility index (Phi) is 4.50. The van der Waals surface area contributed by atoms with E-state index in [1.807, 2.05) is 29.2 Å². The molecule has 1 aromatic carbocycles. The number of benzene rings is 1. The molecule has 2 aromatic rings. The van der Waals surface area contributed by atoms with Gasteiger partial charge in [0, 0.05) is 25.0 Å². The fraction of sp³-hybridized carbons (Fsp3) is 0.500. The van der Waals surface area contributed by atoms with Crippen molar-refractivity contribution >= 4 is 22.7 Å². The van der Waals surface area contributed by atoms with Gasteiger partial charge in [-0.25, -0.2) is 14.8 Å². The van der Waals surface area contributed by atoms with Crippen LogP contribution in [-0.2, 0) is 16.1 Å². The number of nitrogens with zero attached hydrogens (tertiary/aromatic N) is 4. The number of aliphatic carboxylic acids is 1. The number of anilines is 1. The third-order valence-corrected chi connectivity index (χ3v) is 4.91. The Bertz CT molecular complexity index is 776. The zero-order valence-electron chi connectivity index (χ0n) is 14.1. The summed E-state index contributed by atoms with van der Waals surface area (Å²) in [5.41, 5.74) is 0.867. The molecule has 4 rings (SSSR count). The quantitative estimate of drug-likeness (QED) is 0.902. The van der Waals surface area contributed by atoms with Crippen LogP contribution in [0.15, 0.2) is 24.3 Å². The van der Waals surface area contributed by atoms with Crippen molar-refractivity contribution < 1.29 is 14.6 Å². The van der Waals surface area contributed by atoms with Crippen molar-refractivity contribution in [1.82, 2.24) is 14.9 Å². The third-order valence-electron chi connectivity index (χ3n) is 4.91. The maximum Gasteiger partial charge on any atom is 0.326 e. The van der Waals surface area contributed by atoms with E-state index in [2.05, 4.69) is 4.90 Å². The van der Waals surface area contributed by atoms with E-state index >= 15 is 0 Å². The number of hydrogen-bond donors (Lipinski definition) is 1. The first-order chi connectivity index (χ1) is 12.2. The number of hydrogen-bond acceptors (Lipinski definition) is 6. The zero-order chi connectivity index (χ0) is 17.2. The smallest absolute Gasteiger partial charge is 0.326 e. The standard InChI is InChI=1S/C18H22N4O3/c23-18(24)15-6-3-7-22(15)17-13-4-1-2-5-14(13)19-16(20-17)12-21-8-10-25-11-9-21/h1-2,4-5,15H,3,6-12H2,(H,23,24). The minimum atomic E-state index is -0.782. The van der Waals surface area contributed by atoms with Crippen LogP contribution in [0.1, 0.15) is 18.7 Å². The number of carboxylic acid groups (broad SMARTS) is 1. The van der Waals surface area contributed by atoms with Crippen LogP contribution in [0.4, 0.5) is 5.82 Å². The summed E-state index contributed by atoms with van der Waals surface area (Å²) >= 11 is 0. The number of morpholine rings is 1. The average Bonchev–Trinajstić information content (AvgIpc) is 3.12. The first kappa shape index (κ1) is 16.2. The van der Waals surface area contributed by atoms with Gasteiger partial charge in [-0.1, -0.05) is 12.1 Å². The lowest BCUT2D eigenvalue weighted by Crippen LogP contribution is -2.38. The maximum atomic E-state index is 11.6. The molecule has 25 heavy (non-hydrogen) atoms. The number of carboxylic acids is 1. The Morgan fingerprint density at radius 2 is 2.00 bits per heavy atom. The van der Waals surface area contributed by atoms with Crippen LogP contribution in [0.25, 0.3) is 10.9 Å². The van der Waals surface area contributed by atoms with E-state index in [-0.39, 0.29) is 0 Å². The van der Waals surface area contributed by atoms with Gasteiger partial charge in [-0.15, -0.1) is 0 Å². The van der Waals surface area contributed by atoms with E-state index in [0.29, 0.717) is 13.0 Å². The van der Waals surface area contributed by atoms with E-state index in [9.17, 15) is 9.90 Å². The highest BCUT2D eigenvalue weighted by atomic mass is 16.5. The lowest BCUT2D eigenvalue weighted by atomic mass is 10.2. The lowest BCUT2D eigenvalue weighted by molar-refractivity contribution is -0.138. The normalized spacial score (nSPS) is 21.8. The Morgan fingerprint density at radius 1 is 1.20 bits per heavy atom. The number of aromatic nitrogens is 2. The van der Waals surface area contributed by atoms with Crippen LogP contribution in [0.5, 0.6) is 0 Å². The molecule has 7 nitrogen and oxygen atoms in total. The zero-order valence-corrected chi connectivity index (χ0v) is 14.1. The first-order valence-corrected chi connectivity index (χ1v) is 8.77. The second kappa shape index (κ2) is 6.93. The molecular weight excluding hydrogens is 320 g/mol. The predicted octanol–water partition coefficient (Wildman–Crippen LogP) is 1.52. The minimum absolute atomic E-state index is 0.505. The molecule has 2 aliphatic rings. The summed E-state index contributed by atoms with van der Waals surface area (Å²) in [6, 6.07) is 7.34. The van der Waals surface area contributed by atoms with Gasteiger partial charge in [0.15, 0.2) is 0 Å². The van der Waals surface area contributed by atoms with Crippen LogP contribution >= 0.6 is 0 Å². The second-order valence-electron chi connectivity index (χ2n) is 6.56. The fourth-order valence-corrected chi connectivity index (χ4v) is 3.63. The van der Waals surface area contributed by atoms with Gasteiger partial charge < -0.3 is 14.7 Å². The summed E-state index contributed by atoms with van der Waals surface area (Å²) in [6.07, 6.45) is 1.53. The van der Waals surface area contributed by atoms with Gasteiger partial charge in [-0.3, -0.25) is 4.90 Å². The molecule has 0 saturated carbocycles. The molecule has 0 spiro atoms. The first-order valence-electron chi connectivity index (χ1n) is 8.77. The van der Waals surface area contributed by atoms with E-state index in [1.165, 1.54) is 0 Å². The lowest BCUT2D eigenvalue weighted by Gasteiger charge is -2.27. The van der Waals surface area contributed by atoms with Crippen molar-refractivity contribution in [3.63, 3.8) is 0 Å². The molecule has 2 fully saturated rings. The molecule has 0 aliphatic carbocycles. The topological polar surface area (TPSA) is 78.8 Å². The molecule has 2 aliphatic heterocycles. The van der Waals surface area contributed by atoms with E-state index < -0.39 is 12.0 Å². The van der Waals surface area contributed by atoms with Crippen LogP contribution in [0.3, 0.4) is 0 Å². The highest BCUT2D eigenvalue weighted by molar-refractivity contribution is 5.92. The second-order valence-corrected chi connectivity index (χ2v) is 6.56. The van der Waals surface area contributed by atoms with Gasteiger partial charge in [0.1, 0.15) is 17.7 Å². The largest absolute Gasteiger partial charge is 0.480 e. The van der Waals surface area contributed by atoms with Crippen molar-refractivity contribution in [2.75, 3.05) is 37.7 Å². The van der Waals surface area contributed by atoms with Crippen LogP contribution < -0.4 is 4.90 Å². The van der Waals surface area contributed by atoms with Crippen molar-refractivity contribution in [3.8, 4) is 0 Å². The van der Waals surface area contributed by atoms with Gasteiger partial charge >= 0.3 is 5.97 Å². The van der Waals surface area contributed by atoms with Crippen molar-refractivity contribution in [2.24, 2.45) is 0 Å². The highest BCUT2D eigenvalue weighted by Gasteiger charge is 2.32. The Balaban J connectivity index is 1.72. The van der Waals surface area contributed by atoms with E-state index in [4.69, 9.17) is 14.7 Å². The van der Waals surface area contributed by atoms with Gasteiger partial charge in [0.05, 0.1) is 25.3 Å². The molecule has 0 bridgehead atoms. The van der Waals surface area contributed by atoms with E-state index in [1.54, 1.807) is 0 Å². The molecule has 7 heteroatoms. The van der Waals surface area contributed by atoms with Crippen LogP contribution in [-0.4, -0.2) is 64.8 Å². The summed E-state index contributed by atoms with van der Waals surface area (Å²) in [5.74, 6) is 0.709. The Labute approximate surface area is 146 Å². The number of ether oxygens (including phenoxy) is 1. The van der Waals surface area contributed by atoms with Gasteiger partial charge in [0.2, 0.25) is 0 Å². The van der Waals surface area contributed by atoms with E-state index in [0.717, 1.165) is 61.8 Å². The van der Waals surface area contributed by atoms with Crippen LogP contribution in [0.2, 0.25) is 0 Å². The van der Waals surface area contributed by atoms with Crippen molar-refractivity contribution in [2.45, 2.75) is 25.4 Å². The summed E-state index contributed by atoms with van der Waals surface area (Å²) in [5, 5.41) is 10.5. The Morgan fingerprint density at radius 3 is 2.80 bits per heavy atom. The SMILES string of the molecule is O=C(O)C1CCCN1c1nc(CN2CCOCC2)nc2ccccc12. The maximum absolute atomic E-state index is 11.6. The van der Waals surface area contributed by atoms with Gasteiger partial charge in [-0.2, -0.15) is 0 Å². The molecule has 1 atom stereocenters. The molecule has 2 saturated heterocycles. The van der Waals surface area contributed by atoms with Crippen LogP contribution in [0, 0.1) is 0 Å².